The maximum absolute atomic E-state index is 12.9. The molecule has 0 aliphatic carbocycles. The fraction of sp³-hybridized carbons (Fsp3) is 0.462. The number of benzene rings is 1. The standard InChI is InChI=1S/C13H13F3O3/c14-13(15,16)10(6-12(17)18)9-5-8-3-1-2-4-11(8)19-7-9/h1-4,9-10H,5-7H2,(H,17,18). The molecular weight excluding hydrogens is 261 g/mol. The van der Waals surface area contributed by atoms with E-state index in [1.807, 2.05) is 0 Å². The topological polar surface area (TPSA) is 46.5 Å². The Labute approximate surface area is 108 Å². The van der Waals surface area contributed by atoms with E-state index in [1.54, 1.807) is 24.3 Å². The molecule has 0 bridgehead atoms. The number of rotatable bonds is 3. The van der Waals surface area contributed by atoms with E-state index >= 15 is 0 Å². The third kappa shape index (κ3) is 3.19. The number of aliphatic carboxylic acids is 1. The van der Waals surface area contributed by atoms with Gasteiger partial charge in [0.1, 0.15) is 5.75 Å². The minimum Gasteiger partial charge on any atom is -0.493 e. The number of fused-ring (bicyclic) bond motifs is 1. The summed E-state index contributed by atoms with van der Waals surface area (Å²) in [6.45, 7) is -0.103. The molecule has 1 N–H and O–H groups in total. The van der Waals surface area contributed by atoms with Crippen molar-refractivity contribution in [2.24, 2.45) is 11.8 Å². The second kappa shape index (κ2) is 5.11. The van der Waals surface area contributed by atoms with Crippen molar-refractivity contribution < 1.29 is 27.8 Å². The number of carboxylic acid groups (broad SMARTS) is 1. The first-order valence-corrected chi connectivity index (χ1v) is 5.87. The zero-order valence-electron chi connectivity index (χ0n) is 9.98. The van der Waals surface area contributed by atoms with Crippen molar-refractivity contribution in [2.45, 2.75) is 19.0 Å². The van der Waals surface area contributed by atoms with Crippen LogP contribution in [0.15, 0.2) is 24.3 Å². The number of hydrogen-bond donors (Lipinski definition) is 1. The summed E-state index contributed by atoms with van der Waals surface area (Å²) in [4.78, 5) is 10.6. The molecule has 19 heavy (non-hydrogen) atoms. The van der Waals surface area contributed by atoms with Crippen LogP contribution in [0.3, 0.4) is 0 Å². The zero-order chi connectivity index (χ0) is 14.0. The zero-order valence-corrected chi connectivity index (χ0v) is 9.98. The van der Waals surface area contributed by atoms with Crippen LogP contribution >= 0.6 is 0 Å². The van der Waals surface area contributed by atoms with Crippen molar-refractivity contribution >= 4 is 5.97 Å². The molecule has 2 rings (SSSR count). The van der Waals surface area contributed by atoms with Crippen LogP contribution in [-0.4, -0.2) is 23.9 Å². The summed E-state index contributed by atoms with van der Waals surface area (Å²) in [5, 5.41) is 8.63. The highest BCUT2D eigenvalue weighted by Crippen LogP contribution is 2.39. The maximum Gasteiger partial charge on any atom is 0.392 e. The van der Waals surface area contributed by atoms with E-state index in [0.29, 0.717) is 11.3 Å². The van der Waals surface area contributed by atoms with Gasteiger partial charge in [0.05, 0.1) is 18.9 Å². The first-order chi connectivity index (χ1) is 8.88. The SMILES string of the molecule is O=C(O)CC(C1COc2ccccc2C1)C(F)(F)F. The van der Waals surface area contributed by atoms with E-state index in [4.69, 9.17) is 9.84 Å². The van der Waals surface area contributed by atoms with Crippen molar-refractivity contribution in [1.82, 2.24) is 0 Å². The molecule has 0 saturated carbocycles. The van der Waals surface area contributed by atoms with Crippen molar-refractivity contribution in [1.29, 1.82) is 0 Å². The predicted molar refractivity (Wildman–Crippen MR) is 60.9 cm³/mol. The fourth-order valence-electron chi connectivity index (χ4n) is 2.35. The number of para-hydroxylation sites is 1. The molecule has 0 aromatic heterocycles. The minimum absolute atomic E-state index is 0.103. The molecule has 1 aliphatic rings. The Morgan fingerprint density at radius 1 is 1.42 bits per heavy atom. The second-order valence-electron chi connectivity index (χ2n) is 4.63. The Bertz CT molecular complexity index is 470. The highest BCUT2D eigenvalue weighted by molar-refractivity contribution is 5.67. The summed E-state index contributed by atoms with van der Waals surface area (Å²) in [5.74, 6) is -3.60. The molecule has 1 heterocycles. The van der Waals surface area contributed by atoms with Gasteiger partial charge in [-0.1, -0.05) is 18.2 Å². The van der Waals surface area contributed by atoms with Gasteiger partial charge in [-0.2, -0.15) is 13.2 Å². The maximum atomic E-state index is 12.9. The number of carbonyl (C=O) groups is 1. The lowest BCUT2D eigenvalue weighted by atomic mass is 9.83. The van der Waals surface area contributed by atoms with Gasteiger partial charge in [0.15, 0.2) is 0 Å². The first kappa shape index (κ1) is 13.7. The van der Waals surface area contributed by atoms with E-state index in [0.717, 1.165) is 0 Å². The lowest BCUT2D eigenvalue weighted by Crippen LogP contribution is -2.38. The van der Waals surface area contributed by atoms with E-state index in [2.05, 4.69) is 0 Å². The molecule has 1 aromatic carbocycles. The van der Waals surface area contributed by atoms with Gasteiger partial charge in [-0.3, -0.25) is 4.79 Å². The predicted octanol–water partition coefficient (Wildman–Crippen LogP) is 2.89. The van der Waals surface area contributed by atoms with Gasteiger partial charge < -0.3 is 9.84 Å². The van der Waals surface area contributed by atoms with E-state index in [-0.39, 0.29) is 13.0 Å². The van der Waals surface area contributed by atoms with Gasteiger partial charge >= 0.3 is 12.1 Å². The van der Waals surface area contributed by atoms with Crippen LogP contribution < -0.4 is 4.74 Å². The summed E-state index contributed by atoms with van der Waals surface area (Å²) in [7, 11) is 0. The smallest absolute Gasteiger partial charge is 0.392 e. The number of ether oxygens (including phenoxy) is 1. The Hall–Kier alpha value is -1.72. The molecule has 2 unspecified atom stereocenters. The third-order valence-corrected chi connectivity index (χ3v) is 3.29. The molecule has 6 heteroatoms. The Morgan fingerprint density at radius 2 is 2.11 bits per heavy atom. The third-order valence-electron chi connectivity index (χ3n) is 3.29. The second-order valence-corrected chi connectivity index (χ2v) is 4.63. The highest BCUT2D eigenvalue weighted by Gasteiger charge is 2.46. The van der Waals surface area contributed by atoms with Gasteiger partial charge in [-0.25, -0.2) is 0 Å². The Balaban J connectivity index is 2.19. The molecular formula is C13H13F3O3. The summed E-state index contributed by atoms with van der Waals surface area (Å²) in [5.41, 5.74) is 0.693. The lowest BCUT2D eigenvalue weighted by Gasteiger charge is -2.32. The molecule has 0 radical (unpaired) electrons. The van der Waals surface area contributed by atoms with Gasteiger partial charge in [-0.15, -0.1) is 0 Å². The summed E-state index contributed by atoms with van der Waals surface area (Å²) in [6.07, 6.45) is -5.26. The van der Waals surface area contributed by atoms with Gasteiger partial charge in [0.25, 0.3) is 0 Å². The van der Waals surface area contributed by atoms with Gasteiger partial charge in [-0.05, 0) is 18.1 Å². The summed E-state index contributed by atoms with van der Waals surface area (Å²) < 4.78 is 44.1. The monoisotopic (exact) mass is 274 g/mol. The van der Waals surface area contributed by atoms with Crippen LogP contribution in [0.1, 0.15) is 12.0 Å². The minimum atomic E-state index is -4.53. The molecule has 0 fully saturated rings. The lowest BCUT2D eigenvalue weighted by molar-refractivity contribution is -0.198. The Kier molecular flexibility index (Phi) is 3.68. The van der Waals surface area contributed by atoms with Crippen molar-refractivity contribution in [3.05, 3.63) is 29.8 Å². The molecule has 0 saturated heterocycles. The fourth-order valence-corrected chi connectivity index (χ4v) is 2.35. The average Bonchev–Trinajstić information content (AvgIpc) is 2.34. The van der Waals surface area contributed by atoms with E-state index in [1.165, 1.54) is 0 Å². The molecule has 104 valence electrons. The molecule has 2 atom stereocenters. The average molecular weight is 274 g/mol. The number of carboxylic acids is 1. The van der Waals surface area contributed by atoms with Crippen LogP contribution in [0.5, 0.6) is 5.75 Å². The number of alkyl halides is 3. The largest absolute Gasteiger partial charge is 0.493 e. The van der Waals surface area contributed by atoms with Crippen molar-refractivity contribution in [3.8, 4) is 5.75 Å². The quantitative estimate of drug-likeness (QED) is 0.921. The molecule has 0 spiro atoms. The number of halogens is 3. The molecule has 1 aromatic rings. The Morgan fingerprint density at radius 3 is 2.74 bits per heavy atom. The number of hydrogen-bond acceptors (Lipinski definition) is 2. The van der Waals surface area contributed by atoms with Crippen LogP contribution in [0, 0.1) is 11.8 Å². The molecule has 3 nitrogen and oxygen atoms in total. The van der Waals surface area contributed by atoms with Crippen LogP contribution in [-0.2, 0) is 11.2 Å². The van der Waals surface area contributed by atoms with Crippen LogP contribution in [0.25, 0.3) is 0 Å². The van der Waals surface area contributed by atoms with Crippen molar-refractivity contribution in [2.75, 3.05) is 6.61 Å². The van der Waals surface area contributed by atoms with Gasteiger partial charge in [0.2, 0.25) is 0 Å². The first-order valence-electron chi connectivity index (χ1n) is 5.87. The van der Waals surface area contributed by atoms with Crippen LogP contribution in [0.2, 0.25) is 0 Å². The van der Waals surface area contributed by atoms with Crippen molar-refractivity contribution in [3.63, 3.8) is 0 Å². The molecule has 0 amide bonds. The van der Waals surface area contributed by atoms with Crippen LogP contribution in [0.4, 0.5) is 13.2 Å². The highest BCUT2D eigenvalue weighted by atomic mass is 19.4. The summed E-state index contributed by atoms with van der Waals surface area (Å²) >= 11 is 0. The molecule has 1 aliphatic heterocycles. The summed E-state index contributed by atoms with van der Waals surface area (Å²) in [6, 6.07) is 6.88. The van der Waals surface area contributed by atoms with E-state index < -0.39 is 30.4 Å². The normalized spacial score (nSPS) is 20.3. The van der Waals surface area contributed by atoms with E-state index in [9.17, 15) is 18.0 Å². The van der Waals surface area contributed by atoms with Gasteiger partial charge in [0, 0.05) is 5.92 Å².